The van der Waals surface area contributed by atoms with Crippen LogP contribution in [0.5, 0.6) is 0 Å². The molecule has 1 rings (SSSR count). The molecule has 0 saturated carbocycles. The molecule has 0 spiro atoms. The maximum absolute atomic E-state index is 11.6. The number of thioether (sulfide) groups is 1. The molecule has 5 nitrogen and oxygen atoms in total. The second kappa shape index (κ2) is 10.1. The van der Waals surface area contributed by atoms with Gasteiger partial charge in [-0.25, -0.2) is 9.59 Å². The van der Waals surface area contributed by atoms with Crippen molar-refractivity contribution in [2.75, 3.05) is 11.5 Å². The van der Waals surface area contributed by atoms with Crippen molar-refractivity contribution in [3.05, 3.63) is 47.5 Å². The Morgan fingerprint density at radius 3 is 2.71 bits per heavy atom. The molecule has 0 radical (unpaired) electrons. The van der Waals surface area contributed by atoms with Crippen molar-refractivity contribution in [2.45, 2.75) is 12.6 Å². The second-order valence-electron chi connectivity index (χ2n) is 4.00. The molecule has 114 valence electrons. The summed E-state index contributed by atoms with van der Waals surface area (Å²) in [6.07, 6.45) is 0.943. The summed E-state index contributed by atoms with van der Waals surface area (Å²) in [5.41, 5.74) is 2.20. The predicted octanol–water partition coefficient (Wildman–Crippen LogP) is 2.85. The number of benzene rings is 1. The van der Waals surface area contributed by atoms with Crippen LogP contribution in [-0.2, 0) is 16.1 Å². The van der Waals surface area contributed by atoms with Crippen LogP contribution in [0.4, 0.5) is 4.79 Å². The minimum Gasteiger partial charge on any atom is -0.480 e. The number of halogens is 1. The largest absolute Gasteiger partial charge is 0.480 e. The Bertz CT molecular complexity index is 481. The van der Waals surface area contributed by atoms with Crippen molar-refractivity contribution < 1.29 is 19.4 Å². The Morgan fingerprint density at radius 1 is 1.38 bits per heavy atom. The summed E-state index contributed by atoms with van der Waals surface area (Å²) >= 11 is 6.71. The number of carboxylic acids is 1. The Kier molecular flexibility index (Phi) is 8.38. The van der Waals surface area contributed by atoms with E-state index in [4.69, 9.17) is 21.4 Å². The van der Waals surface area contributed by atoms with E-state index in [1.165, 1.54) is 17.3 Å². The first-order chi connectivity index (χ1) is 10.1. The summed E-state index contributed by atoms with van der Waals surface area (Å²) in [6.45, 7) is 0.0984. The van der Waals surface area contributed by atoms with E-state index in [0.29, 0.717) is 5.75 Å². The monoisotopic (exact) mass is 329 g/mol. The lowest BCUT2D eigenvalue weighted by Crippen LogP contribution is -2.42. The van der Waals surface area contributed by atoms with Gasteiger partial charge < -0.3 is 15.2 Å². The molecule has 1 aromatic carbocycles. The van der Waals surface area contributed by atoms with Gasteiger partial charge in [-0.2, -0.15) is 11.8 Å². The van der Waals surface area contributed by atoms with Crippen molar-refractivity contribution in [3.8, 4) is 0 Å². The molecule has 21 heavy (non-hydrogen) atoms. The van der Waals surface area contributed by atoms with Crippen LogP contribution in [0.3, 0.4) is 0 Å². The molecule has 0 saturated heterocycles. The standard InChI is InChI=1S/C14H16ClNO4S/c15-7-4-8-21-10-12(13(17)18)16-14(19)20-9-11-5-2-1-3-6-11/h1-7,12H,8-10H2,(H,16,19)(H,17,18). The molecule has 0 bridgehead atoms. The third kappa shape index (κ3) is 7.63. The van der Waals surface area contributed by atoms with E-state index in [2.05, 4.69) is 5.32 Å². The van der Waals surface area contributed by atoms with Gasteiger partial charge >= 0.3 is 12.1 Å². The molecular weight excluding hydrogens is 314 g/mol. The van der Waals surface area contributed by atoms with E-state index < -0.39 is 18.1 Å². The number of carboxylic acid groups (broad SMARTS) is 1. The number of nitrogens with one attached hydrogen (secondary N) is 1. The van der Waals surface area contributed by atoms with Gasteiger partial charge in [-0.1, -0.05) is 48.0 Å². The lowest BCUT2D eigenvalue weighted by Gasteiger charge is -2.14. The third-order valence-corrected chi connectivity index (χ3v) is 3.57. The Morgan fingerprint density at radius 2 is 2.10 bits per heavy atom. The van der Waals surface area contributed by atoms with Crippen LogP contribution in [0.2, 0.25) is 0 Å². The van der Waals surface area contributed by atoms with Crippen LogP contribution in [-0.4, -0.2) is 34.7 Å². The lowest BCUT2D eigenvalue weighted by atomic mass is 10.2. The summed E-state index contributed by atoms with van der Waals surface area (Å²) < 4.78 is 4.98. The molecule has 0 aliphatic heterocycles. The third-order valence-electron chi connectivity index (χ3n) is 2.39. The predicted molar refractivity (Wildman–Crippen MR) is 83.5 cm³/mol. The van der Waals surface area contributed by atoms with Gasteiger partial charge in [0.05, 0.1) is 0 Å². The maximum Gasteiger partial charge on any atom is 0.408 e. The Hall–Kier alpha value is -1.66. The zero-order chi connectivity index (χ0) is 15.5. The molecule has 0 aliphatic rings. The minimum absolute atomic E-state index is 0.0984. The molecular formula is C14H16ClNO4S. The topological polar surface area (TPSA) is 75.6 Å². The average molecular weight is 330 g/mol. The summed E-state index contributed by atoms with van der Waals surface area (Å²) in [5.74, 6) is -0.292. The van der Waals surface area contributed by atoms with Crippen molar-refractivity contribution in [2.24, 2.45) is 0 Å². The van der Waals surface area contributed by atoms with E-state index >= 15 is 0 Å². The first-order valence-electron chi connectivity index (χ1n) is 6.16. The lowest BCUT2D eigenvalue weighted by molar-refractivity contribution is -0.138. The van der Waals surface area contributed by atoms with Crippen LogP contribution in [0.25, 0.3) is 0 Å². The highest BCUT2D eigenvalue weighted by Gasteiger charge is 2.20. The van der Waals surface area contributed by atoms with Gasteiger partial charge in [0.2, 0.25) is 0 Å². The highest BCUT2D eigenvalue weighted by molar-refractivity contribution is 7.99. The van der Waals surface area contributed by atoms with Crippen molar-refractivity contribution in [1.29, 1.82) is 0 Å². The molecule has 0 aliphatic carbocycles. The van der Waals surface area contributed by atoms with E-state index in [1.54, 1.807) is 6.08 Å². The summed E-state index contributed by atoms with van der Waals surface area (Å²) in [6, 6.07) is 8.15. The van der Waals surface area contributed by atoms with Crippen LogP contribution in [0.1, 0.15) is 5.56 Å². The maximum atomic E-state index is 11.6. The quantitative estimate of drug-likeness (QED) is 0.717. The number of ether oxygens (including phenoxy) is 1. The number of hydrogen-bond acceptors (Lipinski definition) is 4. The highest BCUT2D eigenvalue weighted by atomic mass is 35.5. The van der Waals surface area contributed by atoms with Gasteiger partial charge in [-0.05, 0) is 5.56 Å². The van der Waals surface area contributed by atoms with E-state index in [-0.39, 0.29) is 12.4 Å². The minimum atomic E-state index is -1.10. The summed E-state index contributed by atoms with van der Waals surface area (Å²) in [4.78, 5) is 22.6. The van der Waals surface area contributed by atoms with Gasteiger partial charge in [-0.3, -0.25) is 0 Å². The van der Waals surface area contributed by atoms with E-state index in [0.717, 1.165) is 5.56 Å². The van der Waals surface area contributed by atoms with Crippen molar-refractivity contribution in [1.82, 2.24) is 5.32 Å². The van der Waals surface area contributed by atoms with Gasteiger partial charge in [0.15, 0.2) is 0 Å². The summed E-state index contributed by atoms with van der Waals surface area (Å²) in [7, 11) is 0. The van der Waals surface area contributed by atoms with E-state index in [9.17, 15) is 9.59 Å². The smallest absolute Gasteiger partial charge is 0.408 e. The zero-order valence-corrected chi connectivity index (χ0v) is 12.8. The number of carbonyl (C=O) groups is 2. The SMILES string of the molecule is O=C(NC(CSCC=CCl)C(=O)O)OCc1ccccc1. The van der Waals surface area contributed by atoms with Gasteiger partial charge in [0.1, 0.15) is 12.6 Å². The van der Waals surface area contributed by atoms with Gasteiger partial charge in [0, 0.05) is 17.0 Å². The molecule has 1 atom stereocenters. The van der Waals surface area contributed by atoms with Gasteiger partial charge in [0.25, 0.3) is 0 Å². The first-order valence-corrected chi connectivity index (χ1v) is 7.75. The number of carbonyl (C=O) groups excluding carboxylic acids is 1. The fourth-order valence-corrected chi connectivity index (χ4v) is 2.40. The molecule has 0 heterocycles. The van der Waals surface area contributed by atoms with Crippen LogP contribution < -0.4 is 5.32 Å². The number of amides is 1. The van der Waals surface area contributed by atoms with Crippen LogP contribution >= 0.6 is 23.4 Å². The number of rotatable bonds is 8. The first kappa shape index (κ1) is 17.4. The van der Waals surface area contributed by atoms with Crippen LogP contribution in [0, 0.1) is 0 Å². The number of aliphatic carboxylic acids is 1. The molecule has 1 amide bonds. The number of hydrogen-bond donors (Lipinski definition) is 2. The molecule has 1 aromatic rings. The Balaban J connectivity index is 2.36. The molecule has 7 heteroatoms. The normalized spacial score (nSPS) is 12.0. The van der Waals surface area contributed by atoms with Crippen molar-refractivity contribution in [3.63, 3.8) is 0 Å². The second-order valence-corrected chi connectivity index (χ2v) is 5.32. The fourth-order valence-electron chi connectivity index (χ4n) is 1.37. The highest BCUT2D eigenvalue weighted by Crippen LogP contribution is 2.05. The molecule has 0 aromatic heterocycles. The number of alkyl carbamates (subject to hydrolysis) is 1. The average Bonchev–Trinajstić information content (AvgIpc) is 2.49. The zero-order valence-electron chi connectivity index (χ0n) is 11.2. The fraction of sp³-hybridized carbons (Fsp3) is 0.286. The Labute approximate surface area is 132 Å². The molecule has 1 unspecified atom stereocenters. The van der Waals surface area contributed by atoms with Crippen LogP contribution in [0.15, 0.2) is 41.9 Å². The van der Waals surface area contributed by atoms with Crippen molar-refractivity contribution >= 4 is 35.4 Å². The molecule has 2 N–H and O–H groups in total. The molecule has 0 fully saturated rings. The van der Waals surface area contributed by atoms with Gasteiger partial charge in [-0.15, -0.1) is 0 Å². The summed E-state index contributed by atoms with van der Waals surface area (Å²) in [5, 5.41) is 11.4. The van der Waals surface area contributed by atoms with E-state index in [1.807, 2.05) is 30.3 Å².